The van der Waals surface area contributed by atoms with E-state index in [0.29, 0.717) is 47.9 Å². The van der Waals surface area contributed by atoms with Gasteiger partial charge >= 0.3 is 0 Å². The van der Waals surface area contributed by atoms with Gasteiger partial charge in [0.05, 0.1) is 39.9 Å². The van der Waals surface area contributed by atoms with Crippen molar-refractivity contribution in [2.75, 3.05) is 55.1 Å². The zero-order chi connectivity index (χ0) is 29.7. The van der Waals surface area contributed by atoms with Crippen LogP contribution in [0.2, 0.25) is 0 Å². The van der Waals surface area contributed by atoms with E-state index in [4.69, 9.17) is 18.9 Å². The third-order valence-corrected chi connectivity index (χ3v) is 7.63. The highest BCUT2D eigenvalue weighted by molar-refractivity contribution is 5.96. The van der Waals surface area contributed by atoms with Crippen LogP contribution in [-0.4, -0.2) is 65.9 Å². The van der Waals surface area contributed by atoms with Gasteiger partial charge in [0.25, 0.3) is 5.91 Å². The zero-order valence-corrected chi connectivity index (χ0v) is 25.6. The minimum atomic E-state index is -0.645. The van der Waals surface area contributed by atoms with E-state index in [0.717, 1.165) is 43.5 Å². The molecule has 0 radical (unpaired) electrons. The molecule has 2 aromatic rings. The summed E-state index contributed by atoms with van der Waals surface area (Å²) in [6.07, 6.45) is 4.17. The first-order chi connectivity index (χ1) is 19.2. The molecule has 0 aliphatic carbocycles. The van der Waals surface area contributed by atoms with Gasteiger partial charge in [-0.15, -0.1) is 0 Å². The van der Waals surface area contributed by atoms with Gasteiger partial charge in [0.2, 0.25) is 0 Å². The molecule has 0 bridgehead atoms. The normalized spacial score (nSPS) is 12.5. The van der Waals surface area contributed by atoms with Gasteiger partial charge in [0.15, 0.2) is 23.0 Å². The highest BCUT2D eigenvalue weighted by Crippen LogP contribution is 2.40. The second kappa shape index (κ2) is 16.0. The Balaban J connectivity index is 2.14. The molecule has 220 valence electrons. The van der Waals surface area contributed by atoms with Crippen LogP contribution in [0.25, 0.3) is 0 Å². The predicted octanol–water partition coefficient (Wildman–Crippen LogP) is 5.62. The summed E-state index contributed by atoms with van der Waals surface area (Å²) in [6.45, 7) is 8.48. The largest absolute Gasteiger partial charge is 0.493 e. The van der Waals surface area contributed by atoms with Gasteiger partial charge in [-0.1, -0.05) is 33.3 Å². The Bertz CT molecular complexity index is 1140. The number of hydrogen-bond donors (Lipinski definition) is 1. The maximum atomic E-state index is 13.0. The summed E-state index contributed by atoms with van der Waals surface area (Å²) in [6, 6.07) is 12.1. The molecule has 1 N–H and O–H groups in total. The van der Waals surface area contributed by atoms with E-state index in [1.165, 1.54) is 0 Å². The molecule has 0 heterocycles. The third-order valence-electron chi connectivity index (χ3n) is 7.63. The van der Waals surface area contributed by atoms with Gasteiger partial charge in [-0.25, -0.2) is 0 Å². The van der Waals surface area contributed by atoms with E-state index in [-0.39, 0.29) is 11.8 Å². The molecule has 1 unspecified atom stereocenters. The number of nitrogens with one attached hydrogen (secondary N) is 1. The van der Waals surface area contributed by atoms with Crippen LogP contribution in [0.3, 0.4) is 0 Å². The molecule has 0 aliphatic rings. The molecule has 40 heavy (non-hydrogen) atoms. The number of hydrogen-bond acceptors (Lipinski definition) is 7. The predicted molar refractivity (Wildman–Crippen MR) is 159 cm³/mol. The molecule has 2 rings (SSSR count). The summed E-state index contributed by atoms with van der Waals surface area (Å²) in [5.74, 6) is 2.43. The second-order valence-electron chi connectivity index (χ2n) is 10.4. The van der Waals surface area contributed by atoms with Crippen LogP contribution in [-0.2, 0) is 11.8 Å². The number of benzene rings is 2. The standard InChI is InChI=1S/C32H47N3O5/c1-9-10-16-34-31(36)26-21-30(40-8)28(38-6)19-24(26)14-18-35(4)17-11-15-32(22-33,23(2)3)25-12-13-27(37-5)29(20-25)39-7/h12-13,19-21,23H,9-11,14-18H2,1-8H3,(H,34,36). The first kappa shape index (κ1) is 32.8. The van der Waals surface area contributed by atoms with E-state index in [1.54, 1.807) is 34.5 Å². The molecule has 0 aromatic heterocycles. The number of methoxy groups -OCH3 is 4. The lowest BCUT2D eigenvalue weighted by atomic mass is 9.69. The Labute approximate surface area is 240 Å². The fourth-order valence-corrected chi connectivity index (χ4v) is 4.99. The summed E-state index contributed by atoms with van der Waals surface area (Å²) in [4.78, 5) is 15.2. The molecule has 2 aromatic carbocycles. The quantitative estimate of drug-likeness (QED) is 0.254. The van der Waals surface area contributed by atoms with Gasteiger partial charge in [-0.3, -0.25) is 4.79 Å². The second-order valence-corrected chi connectivity index (χ2v) is 10.4. The van der Waals surface area contributed by atoms with Crippen LogP contribution in [0.15, 0.2) is 30.3 Å². The van der Waals surface area contributed by atoms with Crippen molar-refractivity contribution in [2.24, 2.45) is 5.92 Å². The smallest absolute Gasteiger partial charge is 0.251 e. The number of ether oxygens (including phenoxy) is 4. The minimum absolute atomic E-state index is 0.0993. The van der Waals surface area contributed by atoms with Crippen molar-refractivity contribution in [3.8, 4) is 29.1 Å². The van der Waals surface area contributed by atoms with Crippen LogP contribution in [0.5, 0.6) is 23.0 Å². The van der Waals surface area contributed by atoms with E-state index < -0.39 is 5.41 Å². The molecule has 1 atom stereocenters. The molecule has 0 saturated heterocycles. The lowest BCUT2D eigenvalue weighted by Crippen LogP contribution is -2.32. The summed E-state index contributed by atoms with van der Waals surface area (Å²) >= 11 is 0. The summed E-state index contributed by atoms with van der Waals surface area (Å²) in [5, 5.41) is 13.4. The lowest BCUT2D eigenvalue weighted by molar-refractivity contribution is 0.0951. The third kappa shape index (κ3) is 8.04. The van der Waals surface area contributed by atoms with Gasteiger partial charge in [-0.2, -0.15) is 5.26 Å². The van der Waals surface area contributed by atoms with E-state index in [2.05, 4.69) is 44.1 Å². The van der Waals surface area contributed by atoms with Crippen molar-refractivity contribution in [3.05, 3.63) is 47.0 Å². The Kier molecular flexibility index (Phi) is 13.1. The number of amides is 1. The van der Waals surface area contributed by atoms with E-state index in [1.807, 2.05) is 24.3 Å². The van der Waals surface area contributed by atoms with Gasteiger partial charge in [-0.05, 0) is 80.6 Å². The fraction of sp³-hybridized carbons (Fsp3) is 0.562. The van der Waals surface area contributed by atoms with E-state index >= 15 is 0 Å². The highest BCUT2D eigenvalue weighted by atomic mass is 16.5. The molecule has 0 aliphatic heterocycles. The summed E-state index contributed by atoms with van der Waals surface area (Å²) in [5.41, 5.74) is 1.82. The van der Waals surface area contributed by atoms with Gasteiger partial charge < -0.3 is 29.2 Å². The molecular formula is C32H47N3O5. The molecule has 0 saturated carbocycles. The van der Waals surface area contributed by atoms with Crippen molar-refractivity contribution in [3.63, 3.8) is 0 Å². The van der Waals surface area contributed by atoms with E-state index in [9.17, 15) is 10.1 Å². The Morgan fingerprint density at radius 3 is 2.15 bits per heavy atom. The number of carbonyl (C=O) groups excluding carboxylic acids is 1. The average Bonchev–Trinajstić information content (AvgIpc) is 2.97. The fourth-order valence-electron chi connectivity index (χ4n) is 4.99. The summed E-state index contributed by atoms with van der Waals surface area (Å²) < 4.78 is 21.9. The number of carbonyl (C=O) groups is 1. The lowest BCUT2D eigenvalue weighted by Gasteiger charge is -2.32. The maximum Gasteiger partial charge on any atom is 0.251 e. The van der Waals surface area contributed by atoms with Crippen LogP contribution in [0.1, 0.15) is 67.9 Å². The van der Waals surface area contributed by atoms with Crippen LogP contribution < -0.4 is 24.3 Å². The topological polar surface area (TPSA) is 93.1 Å². The van der Waals surface area contributed by atoms with Crippen molar-refractivity contribution < 1.29 is 23.7 Å². The molecular weight excluding hydrogens is 506 g/mol. The average molecular weight is 554 g/mol. The van der Waals surface area contributed by atoms with Gasteiger partial charge in [0.1, 0.15) is 0 Å². The number of nitrogens with zero attached hydrogens (tertiary/aromatic N) is 2. The van der Waals surface area contributed by atoms with Crippen LogP contribution in [0, 0.1) is 17.2 Å². The van der Waals surface area contributed by atoms with Crippen molar-refractivity contribution in [2.45, 2.75) is 58.3 Å². The number of rotatable bonds is 17. The molecule has 8 nitrogen and oxygen atoms in total. The molecule has 0 spiro atoms. The molecule has 0 fully saturated rings. The monoisotopic (exact) mass is 553 g/mol. The van der Waals surface area contributed by atoms with Crippen molar-refractivity contribution in [1.29, 1.82) is 5.26 Å². The van der Waals surface area contributed by atoms with Crippen LogP contribution in [0.4, 0.5) is 0 Å². The Morgan fingerprint density at radius 1 is 0.950 bits per heavy atom. The van der Waals surface area contributed by atoms with Crippen LogP contribution >= 0.6 is 0 Å². The molecule has 8 heteroatoms. The zero-order valence-electron chi connectivity index (χ0n) is 25.6. The molecule has 1 amide bonds. The Morgan fingerprint density at radius 2 is 1.57 bits per heavy atom. The van der Waals surface area contributed by atoms with Crippen molar-refractivity contribution >= 4 is 5.91 Å². The first-order valence-corrected chi connectivity index (χ1v) is 14.1. The Hall–Kier alpha value is -3.44. The van der Waals surface area contributed by atoms with Crippen molar-refractivity contribution in [1.82, 2.24) is 10.2 Å². The number of nitriles is 1. The number of unbranched alkanes of at least 4 members (excludes halogenated alkanes) is 1. The SMILES string of the molecule is CCCCNC(=O)c1cc(OC)c(OC)cc1CCN(C)CCCC(C#N)(c1ccc(OC)c(OC)c1)C(C)C. The van der Waals surface area contributed by atoms with Gasteiger partial charge in [0, 0.05) is 18.7 Å². The highest BCUT2D eigenvalue weighted by Gasteiger charge is 2.36. The first-order valence-electron chi connectivity index (χ1n) is 14.1. The maximum absolute atomic E-state index is 13.0. The minimum Gasteiger partial charge on any atom is -0.493 e. The summed E-state index contributed by atoms with van der Waals surface area (Å²) in [7, 11) is 8.46. The number of likely N-dealkylation sites (N-methyl/N-ethyl adjacent to an activating group) is 1.